The number of carbonyl (C=O) groups excluding carboxylic acids is 1. The molecule has 0 radical (unpaired) electrons. The minimum absolute atomic E-state index is 0.0743. The Kier molecular flexibility index (Phi) is 5.52. The first-order chi connectivity index (χ1) is 13.2. The summed E-state index contributed by atoms with van der Waals surface area (Å²) in [6, 6.07) is 16.0. The summed E-state index contributed by atoms with van der Waals surface area (Å²) in [4.78, 5) is 17.0. The van der Waals surface area contributed by atoms with E-state index < -0.39 is 0 Å². The molecule has 3 aromatic rings. The van der Waals surface area contributed by atoms with E-state index in [0.29, 0.717) is 18.2 Å². The van der Waals surface area contributed by atoms with Crippen molar-refractivity contribution >= 4 is 28.5 Å². The third-order valence-corrected chi connectivity index (χ3v) is 5.87. The monoisotopic (exact) mass is 472 g/mol. The summed E-state index contributed by atoms with van der Waals surface area (Å²) >= 11 is 2.18. The SMILES string of the molecule is O=C(NCc1cc(-c2ccccn2)n(C2CCCC2)n1)c1ccccc1I. The van der Waals surface area contributed by atoms with Gasteiger partial charge < -0.3 is 5.32 Å². The van der Waals surface area contributed by atoms with Gasteiger partial charge in [0.1, 0.15) is 0 Å². The predicted octanol–water partition coefficient (Wildman–Crippen LogP) is 4.59. The number of nitrogens with one attached hydrogen (secondary N) is 1. The predicted molar refractivity (Wildman–Crippen MR) is 113 cm³/mol. The first-order valence-electron chi connectivity index (χ1n) is 9.25. The van der Waals surface area contributed by atoms with Gasteiger partial charge in [-0.15, -0.1) is 0 Å². The first kappa shape index (κ1) is 18.2. The number of aromatic nitrogens is 3. The van der Waals surface area contributed by atoms with Crippen molar-refractivity contribution < 1.29 is 4.79 Å². The molecule has 0 bridgehead atoms. The third kappa shape index (κ3) is 4.05. The van der Waals surface area contributed by atoms with E-state index in [-0.39, 0.29) is 5.91 Å². The molecule has 1 aliphatic rings. The van der Waals surface area contributed by atoms with Crippen LogP contribution in [0.25, 0.3) is 11.4 Å². The van der Waals surface area contributed by atoms with Gasteiger partial charge in [0.25, 0.3) is 5.91 Å². The summed E-state index contributed by atoms with van der Waals surface area (Å²) in [5, 5.41) is 7.82. The zero-order chi connectivity index (χ0) is 18.6. The molecule has 138 valence electrons. The Hall–Kier alpha value is -2.22. The topological polar surface area (TPSA) is 59.8 Å². The molecule has 0 unspecified atom stereocenters. The Morgan fingerprint density at radius 3 is 2.67 bits per heavy atom. The van der Waals surface area contributed by atoms with Gasteiger partial charge in [0.2, 0.25) is 0 Å². The zero-order valence-electron chi connectivity index (χ0n) is 14.9. The maximum atomic E-state index is 12.5. The molecule has 5 nitrogen and oxygen atoms in total. The van der Waals surface area contributed by atoms with Crippen molar-refractivity contribution in [2.45, 2.75) is 38.3 Å². The highest BCUT2D eigenvalue weighted by Gasteiger charge is 2.22. The lowest BCUT2D eigenvalue weighted by atomic mass is 10.2. The highest BCUT2D eigenvalue weighted by molar-refractivity contribution is 14.1. The molecule has 6 heteroatoms. The van der Waals surface area contributed by atoms with Crippen molar-refractivity contribution in [1.82, 2.24) is 20.1 Å². The fourth-order valence-corrected chi connectivity index (χ4v) is 4.21. The zero-order valence-corrected chi connectivity index (χ0v) is 17.1. The Balaban J connectivity index is 1.56. The first-order valence-corrected chi connectivity index (χ1v) is 10.3. The van der Waals surface area contributed by atoms with Gasteiger partial charge >= 0.3 is 0 Å². The molecule has 0 saturated heterocycles. The van der Waals surface area contributed by atoms with Crippen LogP contribution in [0.4, 0.5) is 0 Å². The number of carbonyl (C=O) groups is 1. The quantitative estimate of drug-likeness (QED) is 0.553. The molecule has 0 aliphatic heterocycles. The number of hydrogen-bond acceptors (Lipinski definition) is 3. The van der Waals surface area contributed by atoms with E-state index in [2.05, 4.69) is 43.6 Å². The molecule has 0 atom stereocenters. The molecule has 1 aromatic carbocycles. The maximum Gasteiger partial charge on any atom is 0.252 e. The van der Waals surface area contributed by atoms with Gasteiger partial charge in [-0.2, -0.15) is 5.10 Å². The van der Waals surface area contributed by atoms with Crippen LogP contribution >= 0.6 is 22.6 Å². The summed E-state index contributed by atoms with van der Waals surface area (Å²) in [7, 11) is 0. The van der Waals surface area contributed by atoms with Gasteiger partial charge in [-0.1, -0.05) is 31.0 Å². The average Bonchev–Trinajstić information content (AvgIpc) is 3.37. The Bertz CT molecular complexity index is 932. The van der Waals surface area contributed by atoms with Crippen molar-refractivity contribution in [3.8, 4) is 11.4 Å². The molecule has 1 amide bonds. The van der Waals surface area contributed by atoms with Crippen LogP contribution in [-0.4, -0.2) is 20.7 Å². The lowest BCUT2D eigenvalue weighted by Crippen LogP contribution is -2.24. The second kappa shape index (κ2) is 8.21. The van der Waals surface area contributed by atoms with Crippen LogP contribution in [-0.2, 0) is 6.54 Å². The molecular weight excluding hydrogens is 451 g/mol. The molecule has 1 saturated carbocycles. The number of nitrogens with zero attached hydrogens (tertiary/aromatic N) is 3. The van der Waals surface area contributed by atoms with Crippen molar-refractivity contribution in [3.05, 3.63) is 69.6 Å². The van der Waals surface area contributed by atoms with Crippen molar-refractivity contribution in [1.29, 1.82) is 0 Å². The Morgan fingerprint density at radius 1 is 1.15 bits per heavy atom. The highest BCUT2D eigenvalue weighted by Crippen LogP contribution is 2.33. The number of pyridine rings is 1. The molecule has 4 rings (SSSR count). The number of amides is 1. The summed E-state index contributed by atoms with van der Waals surface area (Å²) in [6.07, 6.45) is 6.58. The van der Waals surface area contributed by atoms with E-state index in [1.807, 2.05) is 42.5 Å². The van der Waals surface area contributed by atoms with Gasteiger partial charge in [0.05, 0.1) is 35.2 Å². The van der Waals surface area contributed by atoms with Gasteiger partial charge in [-0.05, 0) is 65.8 Å². The fraction of sp³-hybridized carbons (Fsp3) is 0.286. The number of benzene rings is 1. The molecule has 27 heavy (non-hydrogen) atoms. The van der Waals surface area contributed by atoms with Crippen LogP contribution in [0.15, 0.2) is 54.7 Å². The maximum absolute atomic E-state index is 12.5. The van der Waals surface area contributed by atoms with Crippen molar-refractivity contribution in [2.24, 2.45) is 0 Å². The highest BCUT2D eigenvalue weighted by atomic mass is 127. The van der Waals surface area contributed by atoms with E-state index in [0.717, 1.165) is 33.5 Å². The lowest BCUT2D eigenvalue weighted by molar-refractivity contribution is 0.0949. The van der Waals surface area contributed by atoms with Gasteiger partial charge in [-0.25, -0.2) is 0 Å². The summed E-state index contributed by atoms with van der Waals surface area (Å²) in [5.41, 5.74) is 3.51. The van der Waals surface area contributed by atoms with E-state index >= 15 is 0 Å². The van der Waals surface area contributed by atoms with Gasteiger partial charge in [0.15, 0.2) is 0 Å². The Labute approximate surface area is 172 Å². The molecule has 2 aromatic heterocycles. The average molecular weight is 472 g/mol. The second-order valence-corrected chi connectivity index (χ2v) is 7.94. The van der Waals surface area contributed by atoms with Crippen LogP contribution in [0.3, 0.4) is 0 Å². The normalized spacial score (nSPS) is 14.4. The van der Waals surface area contributed by atoms with E-state index in [1.54, 1.807) is 6.20 Å². The van der Waals surface area contributed by atoms with E-state index in [9.17, 15) is 4.79 Å². The standard InChI is InChI=1S/C21H21IN4O/c22-18-10-4-3-9-17(18)21(27)24-14-15-13-20(19-11-5-6-12-23-19)26(25-15)16-7-1-2-8-16/h3-6,9-13,16H,1-2,7-8,14H2,(H,24,27). The summed E-state index contributed by atoms with van der Waals surface area (Å²) < 4.78 is 3.06. The number of halogens is 1. The van der Waals surface area contributed by atoms with Gasteiger partial charge in [0, 0.05) is 9.77 Å². The van der Waals surface area contributed by atoms with Crippen LogP contribution in [0.2, 0.25) is 0 Å². The van der Waals surface area contributed by atoms with E-state index in [4.69, 9.17) is 5.10 Å². The summed E-state index contributed by atoms with van der Waals surface area (Å²) in [6.45, 7) is 0.406. The van der Waals surface area contributed by atoms with Crippen LogP contribution in [0, 0.1) is 3.57 Å². The number of rotatable bonds is 5. The van der Waals surface area contributed by atoms with Crippen molar-refractivity contribution in [3.63, 3.8) is 0 Å². The minimum Gasteiger partial charge on any atom is -0.346 e. The fourth-order valence-electron chi connectivity index (χ4n) is 3.58. The van der Waals surface area contributed by atoms with Crippen LogP contribution < -0.4 is 5.32 Å². The number of hydrogen-bond donors (Lipinski definition) is 1. The second-order valence-electron chi connectivity index (χ2n) is 6.78. The van der Waals surface area contributed by atoms with Crippen LogP contribution in [0.5, 0.6) is 0 Å². The van der Waals surface area contributed by atoms with Crippen molar-refractivity contribution in [2.75, 3.05) is 0 Å². The molecular formula is C21H21IN4O. The van der Waals surface area contributed by atoms with Gasteiger partial charge in [-0.3, -0.25) is 14.5 Å². The largest absolute Gasteiger partial charge is 0.346 e. The third-order valence-electron chi connectivity index (χ3n) is 4.93. The smallest absolute Gasteiger partial charge is 0.252 e. The minimum atomic E-state index is -0.0743. The Morgan fingerprint density at radius 2 is 1.93 bits per heavy atom. The molecule has 2 heterocycles. The molecule has 1 fully saturated rings. The van der Waals surface area contributed by atoms with E-state index in [1.165, 1.54) is 12.8 Å². The summed E-state index contributed by atoms with van der Waals surface area (Å²) in [5.74, 6) is -0.0743. The lowest BCUT2D eigenvalue weighted by Gasteiger charge is -2.13. The molecule has 1 N–H and O–H groups in total. The molecule has 1 aliphatic carbocycles. The molecule has 0 spiro atoms. The van der Waals surface area contributed by atoms with Crippen LogP contribution in [0.1, 0.15) is 47.8 Å².